The van der Waals surface area contributed by atoms with E-state index in [-0.39, 0.29) is 29.1 Å². The van der Waals surface area contributed by atoms with Crippen molar-refractivity contribution in [3.05, 3.63) is 33.8 Å². The Balaban J connectivity index is 2.48. The fourth-order valence-corrected chi connectivity index (χ4v) is 2.25. The van der Waals surface area contributed by atoms with Crippen molar-refractivity contribution in [3.63, 3.8) is 0 Å². The summed E-state index contributed by atoms with van der Waals surface area (Å²) in [4.78, 5) is 35.7. The fourth-order valence-electron chi connectivity index (χ4n) is 1.76. The lowest BCUT2D eigenvalue weighted by Gasteiger charge is -2.17. The van der Waals surface area contributed by atoms with Gasteiger partial charge in [-0.3, -0.25) is 14.4 Å². The van der Waals surface area contributed by atoms with Crippen molar-refractivity contribution in [2.45, 2.75) is 39.3 Å². The number of carbonyl (C=O) groups is 3. The molecule has 1 aromatic rings. The van der Waals surface area contributed by atoms with Crippen LogP contribution in [-0.4, -0.2) is 36.3 Å². The molecular formula is C16H21Cl2N3O3. The molecule has 24 heavy (non-hydrogen) atoms. The van der Waals surface area contributed by atoms with Crippen LogP contribution in [0.2, 0.25) is 10.0 Å². The van der Waals surface area contributed by atoms with Gasteiger partial charge in [-0.15, -0.1) is 0 Å². The monoisotopic (exact) mass is 373 g/mol. The van der Waals surface area contributed by atoms with Crippen LogP contribution in [-0.2, 0) is 9.59 Å². The first-order valence-electron chi connectivity index (χ1n) is 7.57. The highest BCUT2D eigenvalue weighted by Crippen LogP contribution is 2.20. The lowest BCUT2D eigenvalue weighted by Crippen LogP contribution is -2.49. The molecule has 0 aliphatic rings. The third-order valence-corrected chi connectivity index (χ3v) is 3.90. The van der Waals surface area contributed by atoms with Gasteiger partial charge in [0, 0.05) is 11.1 Å². The second-order valence-corrected chi connectivity index (χ2v) is 6.26. The molecule has 132 valence electrons. The van der Waals surface area contributed by atoms with Crippen LogP contribution in [0.15, 0.2) is 18.2 Å². The molecular weight excluding hydrogens is 353 g/mol. The molecule has 1 aromatic carbocycles. The average Bonchev–Trinajstić information content (AvgIpc) is 2.52. The van der Waals surface area contributed by atoms with Crippen LogP contribution in [0.3, 0.4) is 0 Å². The van der Waals surface area contributed by atoms with Crippen LogP contribution in [0.1, 0.15) is 37.6 Å². The predicted octanol–water partition coefficient (Wildman–Crippen LogP) is 2.14. The summed E-state index contributed by atoms with van der Waals surface area (Å²) in [5.74, 6) is -1.24. The lowest BCUT2D eigenvalue weighted by molar-refractivity contribution is -0.128. The maximum Gasteiger partial charge on any atom is 0.253 e. The van der Waals surface area contributed by atoms with Crippen molar-refractivity contribution in [2.75, 3.05) is 6.54 Å². The number of hydrogen-bond donors (Lipinski definition) is 3. The third kappa shape index (κ3) is 6.37. The Hall–Kier alpha value is -1.79. The number of benzene rings is 1. The van der Waals surface area contributed by atoms with Crippen LogP contribution in [0.25, 0.3) is 0 Å². The molecule has 3 N–H and O–H groups in total. The zero-order valence-electron chi connectivity index (χ0n) is 13.8. The smallest absolute Gasteiger partial charge is 0.253 e. The summed E-state index contributed by atoms with van der Waals surface area (Å²) in [6.07, 6.45) is 0.796. The van der Waals surface area contributed by atoms with E-state index in [0.29, 0.717) is 5.02 Å². The summed E-state index contributed by atoms with van der Waals surface area (Å²) in [5, 5.41) is 8.34. The van der Waals surface area contributed by atoms with Gasteiger partial charge in [-0.2, -0.15) is 0 Å². The number of halogens is 2. The SMILES string of the molecule is CCC(C)NC(=O)C(C)NC(=O)CNC(=O)c1ccc(Cl)cc1Cl. The Morgan fingerprint density at radius 2 is 1.79 bits per heavy atom. The summed E-state index contributed by atoms with van der Waals surface area (Å²) in [5.41, 5.74) is 0.219. The highest BCUT2D eigenvalue weighted by Gasteiger charge is 2.18. The third-order valence-electron chi connectivity index (χ3n) is 3.36. The van der Waals surface area contributed by atoms with E-state index in [1.54, 1.807) is 6.92 Å². The molecule has 0 fully saturated rings. The van der Waals surface area contributed by atoms with Crippen LogP contribution in [0, 0.1) is 0 Å². The molecule has 2 unspecified atom stereocenters. The van der Waals surface area contributed by atoms with E-state index in [0.717, 1.165) is 6.42 Å². The molecule has 0 heterocycles. The van der Waals surface area contributed by atoms with E-state index in [2.05, 4.69) is 16.0 Å². The summed E-state index contributed by atoms with van der Waals surface area (Å²) in [7, 11) is 0. The first kappa shape index (κ1) is 20.3. The van der Waals surface area contributed by atoms with Gasteiger partial charge in [0.05, 0.1) is 17.1 Å². The van der Waals surface area contributed by atoms with E-state index in [1.165, 1.54) is 18.2 Å². The highest BCUT2D eigenvalue weighted by atomic mass is 35.5. The standard InChI is InChI=1S/C16H21Cl2N3O3/c1-4-9(2)20-15(23)10(3)21-14(22)8-19-16(24)12-6-5-11(17)7-13(12)18/h5-7,9-10H,4,8H2,1-3H3,(H,19,24)(H,20,23)(H,21,22). The van der Waals surface area contributed by atoms with Crippen molar-refractivity contribution in [1.82, 2.24) is 16.0 Å². The van der Waals surface area contributed by atoms with Gasteiger partial charge < -0.3 is 16.0 Å². The minimum Gasteiger partial charge on any atom is -0.352 e. The Morgan fingerprint density at radius 1 is 1.12 bits per heavy atom. The normalized spacial score (nSPS) is 12.9. The zero-order chi connectivity index (χ0) is 18.3. The Kier molecular flexibility index (Phi) is 8.01. The van der Waals surface area contributed by atoms with Gasteiger partial charge in [0.2, 0.25) is 11.8 Å². The second kappa shape index (κ2) is 9.49. The largest absolute Gasteiger partial charge is 0.352 e. The van der Waals surface area contributed by atoms with Gasteiger partial charge in [-0.1, -0.05) is 30.1 Å². The molecule has 1 rings (SSSR count). The summed E-state index contributed by atoms with van der Waals surface area (Å²) in [6.45, 7) is 5.14. The summed E-state index contributed by atoms with van der Waals surface area (Å²) in [6, 6.07) is 3.79. The maximum absolute atomic E-state index is 12.0. The van der Waals surface area contributed by atoms with Gasteiger partial charge in [-0.05, 0) is 38.5 Å². The Morgan fingerprint density at radius 3 is 2.38 bits per heavy atom. The second-order valence-electron chi connectivity index (χ2n) is 5.41. The molecule has 0 aliphatic carbocycles. The van der Waals surface area contributed by atoms with E-state index in [4.69, 9.17) is 23.2 Å². The first-order valence-corrected chi connectivity index (χ1v) is 8.33. The van der Waals surface area contributed by atoms with Crippen molar-refractivity contribution in [1.29, 1.82) is 0 Å². The number of nitrogens with one attached hydrogen (secondary N) is 3. The van der Waals surface area contributed by atoms with Crippen molar-refractivity contribution in [3.8, 4) is 0 Å². The number of carbonyl (C=O) groups excluding carboxylic acids is 3. The molecule has 8 heteroatoms. The Bertz CT molecular complexity index is 623. The van der Waals surface area contributed by atoms with E-state index in [1.807, 2.05) is 13.8 Å². The quantitative estimate of drug-likeness (QED) is 0.684. The average molecular weight is 374 g/mol. The van der Waals surface area contributed by atoms with Crippen molar-refractivity contribution < 1.29 is 14.4 Å². The molecule has 0 saturated heterocycles. The number of amides is 3. The van der Waals surface area contributed by atoms with Gasteiger partial charge >= 0.3 is 0 Å². The molecule has 0 bridgehead atoms. The van der Waals surface area contributed by atoms with Crippen molar-refractivity contribution >= 4 is 40.9 Å². The minimum absolute atomic E-state index is 0.0311. The predicted molar refractivity (Wildman–Crippen MR) is 94.3 cm³/mol. The molecule has 0 aromatic heterocycles. The van der Waals surface area contributed by atoms with Gasteiger partial charge in [0.15, 0.2) is 0 Å². The topological polar surface area (TPSA) is 87.3 Å². The summed E-state index contributed by atoms with van der Waals surface area (Å²) >= 11 is 11.7. The number of rotatable bonds is 7. The molecule has 3 amide bonds. The van der Waals surface area contributed by atoms with Gasteiger partial charge in [-0.25, -0.2) is 0 Å². The van der Waals surface area contributed by atoms with Crippen LogP contribution < -0.4 is 16.0 Å². The molecule has 0 aliphatic heterocycles. The maximum atomic E-state index is 12.0. The minimum atomic E-state index is -0.692. The highest BCUT2D eigenvalue weighted by molar-refractivity contribution is 6.36. The lowest BCUT2D eigenvalue weighted by atomic mass is 10.2. The molecule has 2 atom stereocenters. The van der Waals surface area contributed by atoms with E-state index in [9.17, 15) is 14.4 Å². The summed E-state index contributed by atoms with van der Waals surface area (Å²) < 4.78 is 0. The molecule has 0 saturated carbocycles. The Labute approximate surface area is 151 Å². The van der Waals surface area contributed by atoms with Crippen molar-refractivity contribution in [2.24, 2.45) is 0 Å². The molecule has 0 spiro atoms. The fraction of sp³-hybridized carbons (Fsp3) is 0.438. The van der Waals surface area contributed by atoms with E-state index >= 15 is 0 Å². The number of hydrogen-bond acceptors (Lipinski definition) is 3. The van der Waals surface area contributed by atoms with E-state index < -0.39 is 17.9 Å². The molecule has 6 nitrogen and oxygen atoms in total. The zero-order valence-corrected chi connectivity index (χ0v) is 15.3. The molecule has 0 radical (unpaired) electrons. The first-order chi connectivity index (χ1) is 11.2. The van der Waals surface area contributed by atoms with Crippen LogP contribution in [0.4, 0.5) is 0 Å². The van der Waals surface area contributed by atoms with Gasteiger partial charge in [0.25, 0.3) is 5.91 Å². The van der Waals surface area contributed by atoms with Crippen LogP contribution in [0.5, 0.6) is 0 Å². The van der Waals surface area contributed by atoms with Gasteiger partial charge in [0.1, 0.15) is 6.04 Å². The van der Waals surface area contributed by atoms with Crippen LogP contribution >= 0.6 is 23.2 Å².